The van der Waals surface area contributed by atoms with E-state index in [0.717, 1.165) is 40.7 Å². The molecular formula is C50H70N4O3. The molecule has 1 atom stereocenters. The molecule has 308 valence electrons. The molecule has 0 bridgehead atoms. The van der Waals surface area contributed by atoms with Crippen molar-refractivity contribution in [3.63, 3.8) is 0 Å². The fourth-order valence-electron chi connectivity index (χ4n) is 5.18. The summed E-state index contributed by atoms with van der Waals surface area (Å²) in [5, 5.41) is 8.58. The van der Waals surface area contributed by atoms with Crippen molar-refractivity contribution in [3.8, 4) is 0 Å². The summed E-state index contributed by atoms with van der Waals surface area (Å²) in [5.74, 6) is -0.611. The van der Waals surface area contributed by atoms with E-state index in [1.807, 2.05) is 203 Å². The molecule has 7 nitrogen and oxygen atoms in total. The van der Waals surface area contributed by atoms with Gasteiger partial charge >= 0.3 is 5.97 Å². The van der Waals surface area contributed by atoms with Crippen molar-refractivity contribution in [2.75, 3.05) is 0 Å². The molecule has 6 aromatic rings. The lowest BCUT2D eigenvalue weighted by Crippen LogP contribution is -2.08. The lowest BCUT2D eigenvalue weighted by molar-refractivity contribution is -0.131. The Labute approximate surface area is 345 Å². The Balaban J connectivity index is 0. The standard InChI is InChI=1S/C19H16N2O.C13H12N2O2.C6H6.6C2H6/c22-19-10-17(15-8-4-5-9-16(15)19)18-11-20-13-21(18)12-14-6-2-1-3-7-14;16-13(17)7-6-12-8-14-10-15(12)9-11-4-2-1-3-5-11;1-2-4-6-5-3-1;6*1-2/h1-9,11,13,17H,10,12H2;1-8,10H,9H2,(H,16,17);1-6H;6*1-2H3/b;7-6+;;;;;;;. The summed E-state index contributed by atoms with van der Waals surface area (Å²) in [5.41, 5.74) is 6.26. The molecule has 2 aromatic heterocycles. The number of nitrogens with zero attached hydrogens (tertiary/aromatic N) is 4. The first-order valence-electron chi connectivity index (χ1n) is 20.7. The monoisotopic (exact) mass is 775 g/mol. The fourth-order valence-corrected chi connectivity index (χ4v) is 5.18. The van der Waals surface area contributed by atoms with Crippen molar-refractivity contribution >= 4 is 17.8 Å². The molecule has 0 amide bonds. The summed E-state index contributed by atoms with van der Waals surface area (Å²) < 4.78 is 4.05. The molecule has 0 saturated carbocycles. The minimum absolute atomic E-state index is 0.120. The Kier molecular flexibility index (Phi) is 33.5. The second kappa shape index (κ2) is 35.9. The van der Waals surface area contributed by atoms with Gasteiger partial charge in [0.2, 0.25) is 0 Å². The predicted octanol–water partition coefficient (Wildman–Crippen LogP) is 13.5. The highest BCUT2D eigenvalue weighted by atomic mass is 16.4. The molecule has 1 N–H and O–H groups in total. The van der Waals surface area contributed by atoms with E-state index in [1.165, 1.54) is 11.6 Å². The van der Waals surface area contributed by atoms with Gasteiger partial charge in [0.15, 0.2) is 5.78 Å². The molecule has 0 spiro atoms. The molecule has 57 heavy (non-hydrogen) atoms. The summed E-state index contributed by atoms with van der Waals surface area (Å²) in [6, 6.07) is 40.2. The van der Waals surface area contributed by atoms with Crippen molar-refractivity contribution in [1.29, 1.82) is 0 Å². The van der Waals surface area contributed by atoms with Crippen LogP contribution in [0.3, 0.4) is 0 Å². The van der Waals surface area contributed by atoms with Crippen LogP contribution in [0.15, 0.2) is 152 Å². The van der Waals surface area contributed by atoms with Crippen molar-refractivity contribution in [2.24, 2.45) is 0 Å². The van der Waals surface area contributed by atoms with E-state index in [-0.39, 0.29) is 11.7 Å². The van der Waals surface area contributed by atoms with Crippen LogP contribution >= 0.6 is 0 Å². The third kappa shape index (κ3) is 20.1. The number of benzene rings is 4. The molecule has 1 unspecified atom stereocenters. The van der Waals surface area contributed by atoms with Gasteiger partial charge in [-0.25, -0.2) is 14.8 Å². The van der Waals surface area contributed by atoms with Gasteiger partial charge in [0.1, 0.15) is 0 Å². The van der Waals surface area contributed by atoms with Crippen LogP contribution in [0.5, 0.6) is 0 Å². The zero-order valence-electron chi connectivity index (χ0n) is 36.8. The zero-order chi connectivity index (χ0) is 43.3. The van der Waals surface area contributed by atoms with Gasteiger partial charge in [-0.3, -0.25) is 4.79 Å². The normalized spacial score (nSPS) is 11.2. The molecule has 1 aliphatic carbocycles. The van der Waals surface area contributed by atoms with Crippen LogP contribution < -0.4 is 0 Å². The Hall–Kier alpha value is -5.82. The van der Waals surface area contributed by atoms with Gasteiger partial charge in [-0.1, -0.05) is 204 Å². The van der Waals surface area contributed by atoms with Crippen LogP contribution in [0, 0.1) is 0 Å². The summed E-state index contributed by atoms with van der Waals surface area (Å²) >= 11 is 0. The third-order valence-corrected chi connectivity index (χ3v) is 7.33. The van der Waals surface area contributed by atoms with Crippen LogP contribution in [0.2, 0.25) is 0 Å². The minimum Gasteiger partial charge on any atom is -0.478 e. The first kappa shape index (κ1) is 53.3. The molecule has 0 aliphatic heterocycles. The number of ketones is 1. The Morgan fingerprint density at radius 1 is 0.596 bits per heavy atom. The largest absolute Gasteiger partial charge is 0.478 e. The molecule has 1 aliphatic rings. The molecule has 0 saturated heterocycles. The number of hydrogen-bond donors (Lipinski definition) is 1. The van der Waals surface area contributed by atoms with Gasteiger partial charge in [0, 0.05) is 49.0 Å². The highest BCUT2D eigenvalue weighted by Gasteiger charge is 2.31. The molecule has 0 radical (unpaired) electrons. The van der Waals surface area contributed by atoms with E-state index < -0.39 is 5.97 Å². The van der Waals surface area contributed by atoms with Gasteiger partial charge in [-0.2, -0.15) is 0 Å². The van der Waals surface area contributed by atoms with Gasteiger partial charge < -0.3 is 14.2 Å². The number of rotatable bonds is 7. The van der Waals surface area contributed by atoms with Gasteiger partial charge in [-0.15, -0.1) is 0 Å². The number of carbonyl (C=O) groups is 2. The number of carboxylic acids is 1. The number of carboxylic acid groups (broad SMARTS) is 1. The quantitative estimate of drug-likeness (QED) is 0.163. The molecule has 2 heterocycles. The second-order valence-electron chi connectivity index (χ2n) is 10.5. The maximum Gasteiger partial charge on any atom is 0.328 e. The number of aromatic nitrogens is 4. The van der Waals surface area contributed by atoms with E-state index in [1.54, 1.807) is 12.5 Å². The fraction of sp³-hybridized carbons (Fsp3) is 0.320. The number of Topliss-reactive ketones (excluding diaryl/α,β-unsaturated/α-hetero) is 1. The maximum atomic E-state index is 12.2. The summed E-state index contributed by atoms with van der Waals surface area (Å²) in [4.78, 5) is 31.0. The first-order valence-corrected chi connectivity index (χ1v) is 20.7. The maximum absolute atomic E-state index is 12.2. The van der Waals surface area contributed by atoms with Crippen molar-refractivity contribution < 1.29 is 14.7 Å². The van der Waals surface area contributed by atoms with E-state index in [0.29, 0.717) is 13.0 Å². The Morgan fingerprint density at radius 3 is 1.49 bits per heavy atom. The van der Waals surface area contributed by atoms with Crippen molar-refractivity contribution in [1.82, 2.24) is 19.1 Å². The SMILES string of the molecule is CC.CC.CC.CC.CC.CC.O=C(O)/C=C/c1cncn1Cc1ccccc1.O=C1CC(c2cncn2Cc2ccccc2)c2ccccc21.c1ccccc1. The molecule has 7 rings (SSSR count). The van der Waals surface area contributed by atoms with Gasteiger partial charge in [0.25, 0.3) is 0 Å². The van der Waals surface area contributed by atoms with E-state index >= 15 is 0 Å². The smallest absolute Gasteiger partial charge is 0.328 e. The van der Waals surface area contributed by atoms with E-state index in [4.69, 9.17) is 5.11 Å². The average Bonchev–Trinajstić information content (AvgIpc) is 4.05. The predicted molar refractivity (Wildman–Crippen MR) is 244 cm³/mol. The average molecular weight is 775 g/mol. The van der Waals surface area contributed by atoms with E-state index in [9.17, 15) is 9.59 Å². The molecular weight excluding hydrogens is 705 g/mol. The van der Waals surface area contributed by atoms with Crippen LogP contribution in [0.4, 0.5) is 0 Å². The lowest BCUT2D eigenvalue weighted by Gasteiger charge is -2.14. The second-order valence-corrected chi connectivity index (χ2v) is 10.5. The Bertz CT molecular complexity index is 1800. The molecule has 7 heteroatoms. The summed E-state index contributed by atoms with van der Waals surface area (Å²) in [6.07, 6.45) is 10.3. The summed E-state index contributed by atoms with van der Waals surface area (Å²) in [7, 11) is 0. The van der Waals surface area contributed by atoms with Crippen LogP contribution in [-0.2, 0) is 17.9 Å². The summed E-state index contributed by atoms with van der Waals surface area (Å²) in [6.45, 7) is 25.5. The third-order valence-electron chi connectivity index (χ3n) is 7.33. The molecule has 0 fully saturated rings. The van der Waals surface area contributed by atoms with Crippen LogP contribution in [0.1, 0.15) is 134 Å². The number of carbonyl (C=O) groups excluding carboxylic acids is 1. The first-order chi connectivity index (χ1) is 28.1. The zero-order valence-corrected chi connectivity index (χ0v) is 36.8. The Morgan fingerprint density at radius 2 is 1.00 bits per heavy atom. The van der Waals surface area contributed by atoms with Gasteiger partial charge in [-0.05, 0) is 22.8 Å². The lowest BCUT2D eigenvalue weighted by atomic mass is 9.98. The highest BCUT2D eigenvalue weighted by molar-refractivity contribution is 6.01. The number of imidazole rings is 2. The number of aliphatic carboxylic acids is 1. The van der Waals surface area contributed by atoms with Crippen molar-refractivity contribution in [2.45, 2.75) is 109 Å². The highest BCUT2D eigenvalue weighted by Crippen LogP contribution is 2.37. The topological polar surface area (TPSA) is 90.0 Å². The van der Waals surface area contributed by atoms with Crippen LogP contribution in [-0.4, -0.2) is 36.0 Å². The van der Waals surface area contributed by atoms with Gasteiger partial charge in [0.05, 0.1) is 24.5 Å². The molecule has 4 aromatic carbocycles. The minimum atomic E-state index is -0.961. The number of fused-ring (bicyclic) bond motifs is 1. The van der Waals surface area contributed by atoms with Crippen LogP contribution in [0.25, 0.3) is 6.08 Å². The number of hydrogen-bond acceptors (Lipinski definition) is 4. The van der Waals surface area contributed by atoms with Crippen molar-refractivity contribution in [3.05, 3.63) is 186 Å². The van der Waals surface area contributed by atoms with E-state index in [2.05, 4.69) is 32.7 Å².